The lowest BCUT2D eigenvalue weighted by molar-refractivity contribution is -0.149. The van der Waals surface area contributed by atoms with Crippen molar-refractivity contribution < 1.29 is 4.79 Å². The van der Waals surface area contributed by atoms with Crippen LogP contribution in [0.15, 0.2) is 0 Å². The molecule has 0 aromatic carbocycles. The summed E-state index contributed by atoms with van der Waals surface area (Å²) in [5.41, 5.74) is 0.0453. The fourth-order valence-corrected chi connectivity index (χ4v) is 3.05. The predicted octanol–water partition coefficient (Wildman–Crippen LogP) is 2.34. The Balaban J connectivity index is 2.11. The standard InChI is InChI=1S/C12H21NO/c1-8(2)9(3)10-12(11(14)13-10)6-4-5-7-12/h8-10H,4-7H2,1-3H3,(H,13,14). The molecule has 0 aromatic rings. The molecule has 1 saturated heterocycles. The molecule has 0 radical (unpaired) electrons. The molecule has 1 N–H and O–H groups in total. The Morgan fingerprint density at radius 2 is 1.86 bits per heavy atom. The lowest BCUT2D eigenvalue weighted by Gasteiger charge is -2.50. The highest BCUT2D eigenvalue weighted by Gasteiger charge is 2.57. The Labute approximate surface area is 86.5 Å². The summed E-state index contributed by atoms with van der Waals surface area (Å²) in [4.78, 5) is 11.7. The van der Waals surface area contributed by atoms with Crippen LogP contribution in [-0.4, -0.2) is 11.9 Å². The van der Waals surface area contributed by atoms with Crippen LogP contribution in [0.1, 0.15) is 46.5 Å². The molecule has 2 aliphatic rings. The van der Waals surface area contributed by atoms with Crippen LogP contribution in [0.25, 0.3) is 0 Å². The molecule has 1 aliphatic carbocycles. The van der Waals surface area contributed by atoms with E-state index in [9.17, 15) is 4.79 Å². The van der Waals surface area contributed by atoms with Crippen molar-refractivity contribution in [3.63, 3.8) is 0 Å². The van der Waals surface area contributed by atoms with E-state index in [1.54, 1.807) is 0 Å². The second kappa shape index (κ2) is 3.25. The van der Waals surface area contributed by atoms with Crippen molar-refractivity contribution in [2.75, 3.05) is 0 Å². The summed E-state index contributed by atoms with van der Waals surface area (Å²) in [6.45, 7) is 6.77. The average Bonchev–Trinajstić information content (AvgIpc) is 2.63. The number of hydrogen-bond donors (Lipinski definition) is 1. The van der Waals surface area contributed by atoms with Crippen molar-refractivity contribution in [2.45, 2.75) is 52.5 Å². The van der Waals surface area contributed by atoms with Gasteiger partial charge in [0.15, 0.2) is 0 Å². The van der Waals surface area contributed by atoms with Gasteiger partial charge in [-0.1, -0.05) is 33.6 Å². The highest BCUT2D eigenvalue weighted by atomic mass is 16.2. The highest BCUT2D eigenvalue weighted by molar-refractivity contribution is 5.90. The maximum atomic E-state index is 11.7. The molecular formula is C12H21NO. The molecule has 80 valence electrons. The lowest BCUT2D eigenvalue weighted by Crippen LogP contribution is -2.68. The molecule has 1 aliphatic heterocycles. The zero-order valence-corrected chi connectivity index (χ0v) is 9.47. The Hall–Kier alpha value is -0.530. The second-order valence-electron chi connectivity index (χ2n) is 5.42. The summed E-state index contributed by atoms with van der Waals surface area (Å²) in [6, 6.07) is 0.456. The van der Waals surface area contributed by atoms with Crippen molar-refractivity contribution in [1.82, 2.24) is 5.32 Å². The van der Waals surface area contributed by atoms with Gasteiger partial charge < -0.3 is 5.32 Å². The summed E-state index contributed by atoms with van der Waals surface area (Å²) in [6.07, 6.45) is 4.74. The van der Waals surface area contributed by atoms with Crippen LogP contribution >= 0.6 is 0 Å². The molecule has 0 bridgehead atoms. The molecule has 14 heavy (non-hydrogen) atoms. The van der Waals surface area contributed by atoms with Crippen LogP contribution in [0.5, 0.6) is 0 Å². The fraction of sp³-hybridized carbons (Fsp3) is 0.917. The van der Waals surface area contributed by atoms with Crippen molar-refractivity contribution in [3.8, 4) is 0 Å². The minimum atomic E-state index is 0.0453. The quantitative estimate of drug-likeness (QED) is 0.673. The van der Waals surface area contributed by atoms with Gasteiger partial charge in [0.25, 0.3) is 0 Å². The summed E-state index contributed by atoms with van der Waals surface area (Å²) in [5.74, 6) is 1.61. The molecule has 2 heteroatoms. The Morgan fingerprint density at radius 3 is 2.29 bits per heavy atom. The van der Waals surface area contributed by atoms with Crippen LogP contribution in [-0.2, 0) is 4.79 Å². The number of nitrogens with one attached hydrogen (secondary N) is 1. The molecule has 2 atom stereocenters. The van der Waals surface area contributed by atoms with Crippen molar-refractivity contribution in [1.29, 1.82) is 0 Å². The zero-order valence-electron chi connectivity index (χ0n) is 9.47. The van der Waals surface area contributed by atoms with Gasteiger partial charge in [-0.2, -0.15) is 0 Å². The first kappa shape index (κ1) is 10.0. The number of carbonyl (C=O) groups excluding carboxylic acids is 1. The molecule has 1 heterocycles. The zero-order chi connectivity index (χ0) is 10.3. The second-order valence-corrected chi connectivity index (χ2v) is 5.42. The first-order chi connectivity index (χ1) is 6.58. The number of carbonyl (C=O) groups is 1. The Morgan fingerprint density at radius 1 is 1.29 bits per heavy atom. The van der Waals surface area contributed by atoms with Gasteiger partial charge in [-0.05, 0) is 24.7 Å². The third kappa shape index (κ3) is 1.19. The van der Waals surface area contributed by atoms with E-state index >= 15 is 0 Å². The van der Waals surface area contributed by atoms with Crippen LogP contribution in [0.2, 0.25) is 0 Å². The molecule has 2 unspecified atom stereocenters. The van der Waals surface area contributed by atoms with E-state index in [2.05, 4.69) is 26.1 Å². The SMILES string of the molecule is CC(C)C(C)C1NC(=O)C12CCCC2. The van der Waals surface area contributed by atoms with E-state index in [4.69, 9.17) is 0 Å². The van der Waals surface area contributed by atoms with Crippen LogP contribution in [0, 0.1) is 17.3 Å². The van der Waals surface area contributed by atoms with E-state index < -0.39 is 0 Å². The van der Waals surface area contributed by atoms with E-state index in [1.807, 2.05) is 0 Å². The summed E-state index contributed by atoms with van der Waals surface area (Å²) >= 11 is 0. The normalized spacial score (nSPS) is 31.7. The van der Waals surface area contributed by atoms with Crippen molar-refractivity contribution >= 4 is 5.91 Å². The van der Waals surface area contributed by atoms with E-state index in [1.165, 1.54) is 12.8 Å². The highest BCUT2D eigenvalue weighted by Crippen LogP contribution is 2.49. The maximum absolute atomic E-state index is 11.7. The third-order valence-electron chi connectivity index (χ3n) is 4.41. The first-order valence-electron chi connectivity index (χ1n) is 5.89. The number of amides is 1. The Bertz CT molecular complexity index is 241. The number of hydrogen-bond acceptors (Lipinski definition) is 1. The molecule has 0 aromatic heterocycles. The van der Waals surface area contributed by atoms with E-state index in [0.717, 1.165) is 12.8 Å². The third-order valence-corrected chi connectivity index (χ3v) is 4.41. The predicted molar refractivity (Wildman–Crippen MR) is 56.8 cm³/mol. The molecule has 2 nitrogen and oxygen atoms in total. The average molecular weight is 195 g/mol. The minimum Gasteiger partial charge on any atom is -0.351 e. The smallest absolute Gasteiger partial charge is 0.228 e. The van der Waals surface area contributed by atoms with Crippen LogP contribution in [0.4, 0.5) is 0 Å². The van der Waals surface area contributed by atoms with E-state index in [0.29, 0.717) is 23.8 Å². The summed E-state index contributed by atoms with van der Waals surface area (Å²) in [7, 11) is 0. The van der Waals surface area contributed by atoms with Crippen LogP contribution in [0.3, 0.4) is 0 Å². The minimum absolute atomic E-state index is 0.0453. The first-order valence-corrected chi connectivity index (χ1v) is 5.89. The summed E-state index contributed by atoms with van der Waals surface area (Å²) < 4.78 is 0. The lowest BCUT2D eigenvalue weighted by atomic mass is 9.64. The molecule has 1 saturated carbocycles. The van der Waals surface area contributed by atoms with Crippen LogP contribution < -0.4 is 5.32 Å². The summed E-state index contributed by atoms with van der Waals surface area (Å²) in [5, 5.41) is 3.12. The van der Waals surface area contributed by atoms with E-state index in [-0.39, 0.29) is 5.41 Å². The monoisotopic (exact) mass is 195 g/mol. The van der Waals surface area contributed by atoms with Gasteiger partial charge in [-0.25, -0.2) is 0 Å². The number of β-lactam (4-membered cyclic amide) rings is 1. The number of rotatable bonds is 2. The van der Waals surface area contributed by atoms with Gasteiger partial charge >= 0.3 is 0 Å². The van der Waals surface area contributed by atoms with Crippen molar-refractivity contribution in [3.05, 3.63) is 0 Å². The molecule has 2 fully saturated rings. The van der Waals surface area contributed by atoms with Gasteiger partial charge in [0.05, 0.1) is 5.41 Å². The van der Waals surface area contributed by atoms with Gasteiger partial charge in [0.2, 0.25) is 5.91 Å². The van der Waals surface area contributed by atoms with Crippen molar-refractivity contribution in [2.24, 2.45) is 17.3 Å². The fourth-order valence-electron chi connectivity index (χ4n) is 3.05. The molecular weight excluding hydrogens is 174 g/mol. The van der Waals surface area contributed by atoms with Gasteiger partial charge in [0, 0.05) is 6.04 Å². The topological polar surface area (TPSA) is 29.1 Å². The largest absolute Gasteiger partial charge is 0.351 e. The van der Waals surface area contributed by atoms with Gasteiger partial charge in [-0.15, -0.1) is 0 Å². The molecule has 1 amide bonds. The molecule has 1 spiro atoms. The van der Waals surface area contributed by atoms with Gasteiger partial charge in [-0.3, -0.25) is 4.79 Å². The maximum Gasteiger partial charge on any atom is 0.228 e. The van der Waals surface area contributed by atoms with Gasteiger partial charge in [0.1, 0.15) is 0 Å². The molecule has 2 rings (SSSR count). The Kier molecular flexibility index (Phi) is 2.32.